The van der Waals surface area contributed by atoms with Crippen LogP contribution in [0.1, 0.15) is 24.8 Å². The quantitative estimate of drug-likeness (QED) is 0.871. The van der Waals surface area contributed by atoms with Crippen molar-refractivity contribution in [2.45, 2.75) is 25.8 Å². The Morgan fingerprint density at radius 3 is 2.70 bits per heavy atom. The van der Waals surface area contributed by atoms with Crippen LogP contribution in [0.2, 0.25) is 0 Å². The van der Waals surface area contributed by atoms with Crippen molar-refractivity contribution in [1.29, 1.82) is 0 Å². The molecule has 5 nitrogen and oxygen atoms in total. The van der Waals surface area contributed by atoms with Gasteiger partial charge >= 0.3 is 5.97 Å². The van der Waals surface area contributed by atoms with Gasteiger partial charge in [0.05, 0.1) is 11.8 Å². The molecule has 1 amide bonds. The first kappa shape index (κ1) is 13.1. The van der Waals surface area contributed by atoms with E-state index in [1.807, 2.05) is 12.1 Å². The first-order valence-electron chi connectivity index (χ1n) is 7.06. The highest BCUT2D eigenvalue weighted by atomic mass is 16.4. The Hall–Kier alpha value is -1.91. The highest BCUT2D eigenvalue weighted by molar-refractivity contribution is 5.86. The summed E-state index contributed by atoms with van der Waals surface area (Å²) in [5.41, 5.74) is 0.927. The molecule has 0 aliphatic heterocycles. The van der Waals surface area contributed by atoms with E-state index in [0.717, 1.165) is 24.8 Å². The van der Waals surface area contributed by atoms with Crippen LogP contribution < -0.4 is 5.32 Å². The fourth-order valence-corrected chi connectivity index (χ4v) is 3.83. The van der Waals surface area contributed by atoms with E-state index in [2.05, 4.69) is 10.3 Å². The summed E-state index contributed by atoms with van der Waals surface area (Å²) in [5, 5.41) is 12.2. The van der Waals surface area contributed by atoms with Crippen molar-refractivity contribution >= 4 is 11.9 Å². The van der Waals surface area contributed by atoms with E-state index < -0.39 is 11.9 Å². The molecular formula is C15H18N2O3. The van der Waals surface area contributed by atoms with Crippen molar-refractivity contribution in [3.8, 4) is 0 Å². The summed E-state index contributed by atoms with van der Waals surface area (Å²) in [5.74, 6) is -1.36. The molecule has 2 fully saturated rings. The maximum absolute atomic E-state index is 12.3. The molecule has 0 radical (unpaired) electrons. The third kappa shape index (κ3) is 2.28. The van der Waals surface area contributed by atoms with Crippen molar-refractivity contribution in [2.75, 3.05) is 0 Å². The Labute approximate surface area is 117 Å². The van der Waals surface area contributed by atoms with Crippen LogP contribution in [0.15, 0.2) is 24.5 Å². The van der Waals surface area contributed by atoms with Gasteiger partial charge in [-0.1, -0.05) is 6.07 Å². The summed E-state index contributed by atoms with van der Waals surface area (Å²) >= 11 is 0. The molecule has 0 spiro atoms. The molecule has 2 N–H and O–H groups in total. The van der Waals surface area contributed by atoms with Crippen LogP contribution in [-0.4, -0.2) is 22.0 Å². The minimum absolute atomic E-state index is 0.117. The zero-order valence-corrected chi connectivity index (χ0v) is 11.2. The third-order valence-electron chi connectivity index (χ3n) is 4.69. The zero-order valence-electron chi connectivity index (χ0n) is 11.2. The van der Waals surface area contributed by atoms with Gasteiger partial charge in [0.25, 0.3) is 0 Å². The summed E-state index contributed by atoms with van der Waals surface area (Å²) < 4.78 is 0. The lowest BCUT2D eigenvalue weighted by atomic mass is 9.78. The van der Waals surface area contributed by atoms with Crippen LogP contribution in [0.25, 0.3) is 0 Å². The first-order valence-corrected chi connectivity index (χ1v) is 7.06. The molecular weight excluding hydrogens is 256 g/mol. The van der Waals surface area contributed by atoms with Gasteiger partial charge < -0.3 is 10.4 Å². The number of carboxylic acid groups (broad SMARTS) is 1. The zero-order chi connectivity index (χ0) is 14.1. The van der Waals surface area contributed by atoms with Crippen molar-refractivity contribution in [2.24, 2.45) is 23.7 Å². The summed E-state index contributed by atoms with van der Waals surface area (Å²) in [6, 6.07) is 3.71. The van der Waals surface area contributed by atoms with Gasteiger partial charge in [0.1, 0.15) is 0 Å². The van der Waals surface area contributed by atoms with E-state index in [9.17, 15) is 14.7 Å². The number of hydrogen-bond acceptors (Lipinski definition) is 3. The number of carbonyl (C=O) groups is 2. The van der Waals surface area contributed by atoms with E-state index in [0.29, 0.717) is 6.54 Å². The van der Waals surface area contributed by atoms with E-state index in [-0.39, 0.29) is 23.7 Å². The predicted molar refractivity (Wildman–Crippen MR) is 71.5 cm³/mol. The maximum Gasteiger partial charge on any atom is 0.307 e. The SMILES string of the molecule is O=C(NCc1cccnc1)[C@@H]1[C@H]2CC[C@@H](C2)[C@@H]1C(=O)O. The number of pyridine rings is 1. The Bertz CT molecular complexity index is 517. The van der Waals surface area contributed by atoms with Crippen LogP contribution in [-0.2, 0) is 16.1 Å². The molecule has 5 heteroatoms. The number of aliphatic carboxylic acids is 1. The maximum atomic E-state index is 12.3. The van der Waals surface area contributed by atoms with Crippen molar-refractivity contribution < 1.29 is 14.7 Å². The molecule has 106 valence electrons. The van der Waals surface area contributed by atoms with Crippen LogP contribution in [0.4, 0.5) is 0 Å². The minimum atomic E-state index is -0.821. The normalized spacial score (nSPS) is 31.2. The second-order valence-corrected chi connectivity index (χ2v) is 5.80. The Morgan fingerprint density at radius 2 is 2.05 bits per heavy atom. The molecule has 3 rings (SSSR count). The van der Waals surface area contributed by atoms with Crippen LogP contribution in [0.5, 0.6) is 0 Å². The topological polar surface area (TPSA) is 79.3 Å². The summed E-state index contributed by atoms with van der Waals surface area (Å²) in [6.45, 7) is 0.410. The van der Waals surface area contributed by atoms with Gasteiger partial charge in [-0.2, -0.15) is 0 Å². The lowest BCUT2D eigenvalue weighted by Crippen LogP contribution is -2.41. The molecule has 4 atom stereocenters. The number of carboxylic acids is 1. The number of nitrogens with zero attached hydrogens (tertiary/aromatic N) is 1. The summed E-state index contributed by atoms with van der Waals surface area (Å²) in [6.07, 6.45) is 6.22. The van der Waals surface area contributed by atoms with Crippen LogP contribution in [0, 0.1) is 23.7 Å². The van der Waals surface area contributed by atoms with E-state index in [4.69, 9.17) is 0 Å². The van der Waals surface area contributed by atoms with Gasteiger partial charge in [-0.3, -0.25) is 14.6 Å². The van der Waals surface area contributed by atoms with Crippen LogP contribution in [0.3, 0.4) is 0 Å². The first-order chi connectivity index (χ1) is 9.66. The molecule has 0 aromatic carbocycles. The fraction of sp³-hybridized carbons (Fsp3) is 0.533. The van der Waals surface area contributed by atoms with Gasteiger partial charge in [0.15, 0.2) is 0 Å². The Morgan fingerprint density at radius 1 is 1.30 bits per heavy atom. The number of amides is 1. The molecule has 1 heterocycles. The molecule has 0 saturated heterocycles. The van der Waals surface area contributed by atoms with E-state index >= 15 is 0 Å². The number of aromatic nitrogens is 1. The molecule has 1 aromatic heterocycles. The number of rotatable bonds is 4. The average Bonchev–Trinajstić information content (AvgIpc) is 3.06. The second kappa shape index (κ2) is 5.23. The standard InChI is InChI=1S/C15H18N2O3/c18-14(17-8-9-2-1-5-16-7-9)12-10-3-4-11(6-10)13(12)15(19)20/h1-2,5,7,10-13H,3-4,6,8H2,(H,17,18)(H,19,20)/t10-,11-,12+,13-/m0/s1. The molecule has 1 aromatic rings. The summed E-state index contributed by atoms with van der Waals surface area (Å²) in [4.78, 5) is 27.7. The number of carbonyl (C=O) groups excluding carboxylic acids is 1. The van der Waals surface area contributed by atoms with Crippen molar-refractivity contribution in [1.82, 2.24) is 10.3 Å². The number of hydrogen-bond donors (Lipinski definition) is 2. The van der Waals surface area contributed by atoms with Gasteiger partial charge in [-0.15, -0.1) is 0 Å². The molecule has 2 aliphatic carbocycles. The van der Waals surface area contributed by atoms with Crippen LogP contribution >= 0.6 is 0 Å². The molecule has 2 aliphatic rings. The Balaban J connectivity index is 1.66. The minimum Gasteiger partial charge on any atom is -0.481 e. The number of fused-ring (bicyclic) bond motifs is 2. The van der Waals surface area contributed by atoms with Gasteiger partial charge in [0, 0.05) is 18.9 Å². The average molecular weight is 274 g/mol. The predicted octanol–water partition coefficient (Wildman–Crippen LogP) is 1.44. The lowest BCUT2D eigenvalue weighted by Gasteiger charge is -2.27. The Kier molecular flexibility index (Phi) is 3.42. The van der Waals surface area contributed by atoms with Crippen molar-refractivity contribution in [3.05, 3.63) is 30.1 Å². The highest BCUT2D eigenvalue weighted by Crippen LogP contribution is 2.52. The fourth-order valence-electron chi connectivity index (χ4n) is 3.83. The molecule has 0 unspecified atom stereocenters. The third-order valence-corrected chi connectivity index (χ3v) is 4.69. The molecule has 2 bridgehead atoms. The van der Waals surface area contributed by atoms with Crippen molar-refractivity contribution in [3.63, 3.8) is 0 Å². The molecule has 20 heavy (non-hydrogen) atoms. The monoisotopic (exact) mass is 274 g/mol. The molecule has 2 saturated carbocycles. The van der Waals surface area contributed by atoms with E-state index in [1.165, 1.54) is 0 Å². The van der Waals surface area contributed by atoms with E-state index in [1.54, 1.807) is 12.4 Å². The summed E-state index contributed by atoms with van der Waals surface area (Å²) in [7, 11) is 0. The lowest BCUT2D eigenvalue weighted by molar-refractivity contribution is -0.149. The smallest absolute Gasteiger partial charge is 0.307 e. The van der Waals surface area contributed by atoms with Gasteiger partial charge in [-0.25, -0.2) is 0 Å². The van der Waals surface area contributed by atoms with Gasteiger partial charge in [-0.05, 0) is 42.7 Å². The highest BCUT2D eigenvalue weighted by Gasteiger charge is 2.53. The largest absolute Gasteiger partial charge is 0.481 e. The second-order valence-electron chi connectivity index (χ2n) is 5.80. The van der Waals surface area contributed by atoms with Gasteiger partial charge in [0.2, 0.25) is 5.91 Å². The number of nitrogens with one attached hydrogen (secondary N) is 1.